The molecule has 0 aliphatic carbocycles. The molecule has 0 saturated heterocycles. The number of hydrogen-bond donors (Lipinski definition) is 0. The van der Waals surface area contributed by atoms with Crippen LogP contribution in [0, 0.1) is 13.8 Å². The van der Waals surface area contributed by atoms with E-state index in [-0.39, 0.29) is 0 Å². The number of hydrogen-bond acceptors (Lipinski definition) is 5. The minimum Gasteiger partial charge on any atom is -0.444 e. The van der Waals surface area contributed by atoms with Gasteiger partial charge in [0.25, 0.3) is 10.0 Å². The molecule has 0 aliphatic heterocycles. The van der Waals surface area contributed by atoms with Crippen molar-refractivity contribution in [3.8, 4) is 11.3 Å². The van der Waals surface area contributed by atoms with Crippen LogP contribution in [-0.4, -0.2) is 20.4 Å². The van der Waals surface area contributed by atoms with Gasteiger partial charge in [-0.05, 0) is 31.5 Å². The first kappa shape index (κ1) is 15.8. The summed E-state index contributed by atoms with van der Waals surface area (Å²) in [5.41, 5.74) is 2.26. The lowest BCUT2D eigenvalue weighted by Crippen LogP contribution is -2.26. The van der Waals surface area contributed by atoms with Crippen LogP contribution in [0.3, 0.4) is 0 Å². The smallest absolute Gasteiger partial charge is 0.264 e. The van der Waals surface area contributed by atoms with Gasteiger partial charge in [0.2, 0.25) is 0 Å². The van der Waals surface area contributed by atoms with Crippen LogP contribution in [-0.2, 0) is 10.0 Å². The van der Waals surface area contributed by atoms with Gasteiger partial charge in [-0.15, -0.1) is 11.3 Å². The fraction of sp³-hybridized carbons (Fsp3) is 0.188. The van der Waals surface area contributed by atoms with Crippen LogP contribution >= 0.6 is 11.3 Å². The molecular weight excluding hydrogens is 332 g/mol. The van der Waals surface area contributed by atoms with Gasteiger partial charge in [-0.1, -0.05) is 12.1 Å². The van der Waals surface area contributed by atoms with Gasteiger partial charge in [0.05, 0.1) is 16.8 Å². The topological polar surface area (TPSA) is 63.4 Å². The number of aryl methyl sites for hydroxylation is 2. The predicted octanol–water partition coefficient (Wildman–Crippen LogP) is 3.85. The van der Waals surface area contributed by atoms with Crippen LogP contribution in [0.1, 0.15) is 10.4 Å². The highest BCUT2D eigenvalue weighted by Gasteiger charge is 2.24. The maximum atomic E-state index is 12.8. The molecule has 0 radical (unpaired) electrons. The molecule has 0 unspecified atom stereocenters. The number of rotatable bonds is 4. The zero-order valence-electron chi connectivity index (χ0n) is 13.0. The third-order valence-electron chi connectivity index (χ3n) is 3.63. The Balaban J connectivity index is 2.05. The number of sulfonamides is 1. The molecule has 0 spiro atoms. The predicted molar refractivity (Wildman–Crippen MR) is 91.3 cm³/mol. The SMILES string of the molecule is Cc1cc(S(=O)(=O)N(C)c2cc(-c3cnco3)ccc2C)cs1. The summed E-state index contributed by atoms with van der Waals surface area (Å²) in [5.74, 6) is 0.600. The number of benzene rings is 1. The van der Waals surface area contributed by atoms with Gasteiger partial charge >= 0.3 is 0 Å². The Kier molecular flexibility index (Phi) is 3.99. The first-order valence-electron chi connectivity index (χ1n) is 6.93. The Morgan fingerprint density at radius 3 is 2.61 bits per heavy atom. The van der Waals surface area contributed by atoms with Crippen molar-refractivity contribution in [3.63, 3.8) is 0 Å². The van der Waals surface area contributed by atoms with Crippen molar-refractivity contribution in [2.75, 3.05) is 11.4 Å². The van der Waals surface area contributed by atoms with Crippen LogP contribution in [0.2, 0.25) is 0 Å². The lowest BCUT2D eigenvalue weighted by atomic mass is 10.1. The van der Waals surface area contributed by atoms with Crippen molar-refractivity contribution in [2.24, 2.45) is 0 Å². The molecule has 0 saturated carbocycles. The maximum absolute atomic E-state index is 12.8. The van der Waals surface area contributed by atoms with Gasteiger partial charge in [-0.2, -0.15) is 0 Å². The highest BCUT2D eigenvalue weighted by Crippen LogP contribution is 2.31. The van der Waals surface area contributed by atoms with Gasteiger partial charge in [0.1, 0.15) is 0 Å². The summed E-state index contributed by atoms with van der Waals surface area (Å²) in [4.78, 5) is 5.17. The van der Waals surface area contributed by atoms with E-state index >= 15 is 0 Å². The normalized spacial score (nSPS) is 11.6. The summed E-state index contributed by atoms with van der Waals surface area (Å²) in [6.07, 6.45) is 2.95. The van der Waals surface area contributed by atoms with E-state index in [1.54, 1.807) is 30.8 Å². The van der Waals surface area contributed by atoms with Gasteiger partial charge in [0, 0.05) is 22.9 Å². The van der Waals surface area contributed by atoms with Crippen molar-refractivity contribution >= 4 is 27.0 Å². The van der Waals surface area contributed by atoms with E-state index in [1.165, 1.54) is 22.0 Å². The van der Waals surface area contributed by atoms with Crippen LogP contribution in [0.4, 0.5) is 5.69 Å². The molecule has 1 aromatic carbocycles. The average molecular weight is 348 g/mol. The monoisotopic (exact) mass is 348 g/mol. The summed E-state index contributed by atoms with van der Waals surface area (Å²) >= 11 is 1.42. The molecule has 0 N–H and O–H groups in total. The van der Waals surface area contributed by atoms with E-state index in [2.05, 4.69) is 4.98 Å². The molecule has 2 aromatic heterocycles. The highest BCUT2D eigenvalue weighted by atomic mass is 32.2. The Morgan fingerprint density at radius 2 is 2.00 bits per heavy atom. The van der Waals surface area contributed by atoms with Gasteiger partial charge in [-0.3, -0.25) is 4.31 Å². The molecule has 3 aromatic rings. The number of oxazole rings is 1. The lowest BCUT2D eigenvalue weighted by molar-refractivity contribution is 0.572. The second-order valence-electron chi connectivity index (χ2n) is 5.23. The summed E-state index contributed by atoms with van der Waals surface area (Å²) in [7, 11) is -2.02. The second-order valence-corrected chi connectivity index (χ2v) is 8.32. The third-order valence-corrected chi connectivity index (χ3v) is 6.39. The Hall–Kier alpha value is -2.12. The summed E-state index contributed by atoms with van der Waals surface area (Å²) in [6, 6.07) is 7.24. The molecule has 0 bridgehead atoms. The average Bonchev–Trinajstić information content (AvgIpc) is 3.18. The number of aromatic nitrogens is 1. The molecule has 23 heavy (non-hydrogen) atoms. The van der Waals surface area contributed by atoms with E-state index in [0.29, 0.717) is 16.3 Å². The molecule has 0 atom stereocenters. The van der Waals surface area contributed by atoms with Crippen LogP contribution < -0.4 is 4.31 Å². The summed E-state index contributed by atoms with van der Waals surface area (Å²) < 4.78 is 32.2. The van der Waals surface area contributed by atoms with Crippen LogP contribution in [0.25, 0.3) is 11.3 Å². The van der Waals surface area contributed by atoms with Crippen LogP contribution in [0.5, 0.6) is 0 Å². The van der Waals surface area contributed by atoms with E-state index in [0.717, 1.165) is 16.0 Å². The molecule has 0 fully saturated rings. The minimum atomic E-state index is -3.58. The molecule has 3 rings (SSSR count). The number of anilines is 1. The third kappa shape index (κ3) is 2.89. The molecule has 120 valence electrons. The summed E-state index contributed by atoms with van der Waals surface area (Å²) in [6.45, 7) is 3.77. The zero-order valence-corrected chi connectivity index (χ0v) is 14.6. The number of thiophene rings is 1. The first-order valence-corrected chi connectivity index (χ1v) is 9.25. The Morgan fingerprint density at radius 1 is 1.22 bits per heavy atom. The van der Waals surface area contributed by atoms with E-state index in [9.17, 15) is 8.42 Å². The van der Waals surface area contributed by atoms with Crippen molar-refractivity contribution in [3.05, 3.63) is 52.7 Å². The molecule has 0 amide bonds. The first-order chi connectivity index (χ1) is 10.9. The standard InChI is InChI=1S/C16H16N2O3S2/c1-11-4-5-13(16-8-17-10-21-16)7-15(11)18(3)23(19,20)14-6-12(2)22-9-14/h4-10H,1-3H3. The van der Waals surface area contributed by atoms with Crippen molar-refractivity contribution in [2.45, 2.75) is 18.7 Å². The second kappa shape index (κ2) is 5.82. The Labute approximate surface area is 139 Å². The molecule has 7 heteroatoms. The molecule has 0 aliphatic rings. The lowest BCUT2D eigenvalue weighted by Gasteiger charge is -2.21. The van der Waals surface area contributed by atoms with E-state index < -0.39 is 10.0 Å². The molecule has 2 heterocycles. The van der Waals surface area contributed by atoms with Crippen LogP contribution in [0.15, 0.2) is 51.5 Å². The molecule has 5 nitrogen and oxygen atoms in total. The maximum Gasteiger partial charge on any atom is 0.264 e. The minimum absolute atomic E-state index is 0.312. The fourth-order valence-corrected chi connectivity index (χ4v) is 4.67. The largest absolute Gasteiger partial charge is 0.444 e. The van der Waals surface area contributed by atoms with Gasteiger partial charge in [0.15, 0.2) is 12.2 Å². The fourth-order valence-electron chi connectivity index (χ4n) is 2.30. The Bertz CT molecular complexity index is 928. The van der Waals surface area contributed by atoms with Crippen molar-refractivity contribution in [1.29, 1.82) is 0 Å². The quantitative estimate of drug-likeness (QED) is 0.718. The zero-order chi connectivity index (χ0) is 16.6. The van der Waals surface area contributed by atoms with E-state index in [1.807, 2.05) is 26.0 Å². The van der Waals surface area contributed by atoms with E-state index in [4.69, 9.17) is 4.42 Å². The van der Waals surface area contributed by atoms with Crippen molar-refractivity contribution < 1.29 is 12.8 Å². The van der Waals surface area contributed by atoms with Gasteiger partial charge in [-0.25, -0.2) is 13.4 Å². The summed E-state index contributed by atoms with van der Waals surface area (Å²) in [5, 5.41) is 1.66. The highest BCUT2D eigenvalue weighted by molar-refractivity contribution is 7.93. The van der Waals surface area contributed by atoms with Gasteiger partial charge < -0.3 is 4.42 Å². The molecular formula is C16H16N2O3S2. The number of nitrogens with zero attached hydrogens (tertiary/aromatic N) is 2. The van der Waals surface area contributed by atoms with Crippen molar-refractivity contribution in [1.82, 2.24) is 4.98 Å².